The minimum atomic E-state index is 0.905. The van der Waals surface area contributed by atoms with Crippen LogP contribution in [0.5, 0.6) is 0 Å². The summed E-state index contributed by atoms with van der Waals surface area (Å²) in [6.07, 6.45) is 3.00. The molecule has 0 N–H and O–H groups in total. The molecule has 2 rings (SSSR count). The summed E-state index contributed by atoms with van der Waals surface area (Å²) in [5, 5.41) is 0. The van der Waals surface area contributed by atoms with Crippen LogP contribution in [0, 0.1) is 5.92 Å². The van der Waals surface area contributed by atoms with E-state index < -0.39 is 0 Å². The lowest BCUT2D eigenvalue weighted by Gasteiger charge is -1.85. The fourth-order valence-electron chi connectivity index (χ4n) is 1.69. The van der Waals surface area contributed by atoms with Gasteiger partial charge in [-0.1, -0.05) is 0 Å². The number of rotatable bonds is 1. The van der Waals surface area contributed by atoms with E-state index in [1.807, 2.05) is 0 Å². The summed E-state index contributed by atoms with van der Waals surface area (Å²) in [5.41, 5.74) is 0. The SMILES string of the molecule is CC1C(C2CC2)N1C. The van der Waals surface area contributed by atoms with Crippen LogP contribution in [0.25, 0.3) is 0 Å². The van der Waals surface area contributed by atoms with E-state index in [1.54, 1.807) is 0 Å². The van der Waals surface area contributed by atoms with Gasteiger partial charge >= 0.3 is 0 Å². The average Bonchev–Trinajstić information content (AvgIpc) is 2.52. The smallest absolute Gasteiger partial charge is 0.0277 e. The Kier molecular flexibility index (Phi) is 0.762. The normalized spacial score (nSPS) is 54.0. The zero-order valence-corrected chi connectivity index (χ0v) is 5.59. The number of hydrogen-bond donors (Lipinski definition) is 0. The zero-order chi connectivity index (χ0) is 5.72. The van der Waals surface area contributed by atoms with Crippen molar-refractivity contribution in [1.82, 2.24) is 4.90 Å². The third kappa shape index (κ3) is 0.510. The molecule has 3 unspecified atom stereocenters. The molecule has 8 heavy (non-hydrogen) atoms. The van der Waals surface area contributed by atoms with Crippen molar-refractivity contribution in [3.8, 4) is 0 Å². The van der Waals surface area contributed by atoms with Crippen LogP contribution in [0.2, 0.25) is 0 Å². The highest BCUT2D eigenvalue weighted by molar-refractivity contribution is 5.05. The van der Waals surface area contributed by atoms with Gasteiger partial charge in [0.1, 0.15) is 0 Å². The fourth-order valence-corrected chi connectivity index (χ4v) is 1.69. The van der Waals surface area contributed by atoms with Gasteiger partial charge in [-0.2, -0.15) is 0 Å². The summed E-state index contributed by atoms with van der Waals surface area (Å²) in [6, 6.07) is 1.89. The molecule has 1 heterocycles. The van der Waals surface area contributed by atoms with Crippen molar-refractivity contribution in [1.29, 1.82) is 0 Å². The van der Waals surface area contributed by atoms with E-state index in [2.05, 4.69) is 18.9 Å². The highest BCUT2D eigenvalue weighted by atomic mass is 15.3. The second-order valence-corrected chi connectivity index (χ2v) is 3.23. The Morgan fingerprint density at radius 2 is 1.88 bits per heavy atom. The Morgan fingerprint density at radius 1 is 1.38 bits per heavy atom. The first kappa shape index (κ1) is 4.80. The molecule has 0 spiro atoms. The molecule has 0 aromatic carbocycles. The molecule has 1 saturated heterocycles. The molecular formula is C7H13N. The van der Waals surface area contributed by atoms with Crippen LogP contribution in [0.4, 0.5) is 0 Å². The molecule has 2 fully saturated rings. The van der Waals surface area contributed by atoms with E-state index in [0.29, 0.717) is 0 Å². The number of nitrogens with zero attached hydrogens (tertiary/aromatic N) is 1. The summed E-state index contributed by atoms with van der Waals surface area (Å²) in [5.74, 6) is 1.09. The maximum Gasteiger partial charge on any atom is 0.0277 e. The molecular weight excluding hydrogens is 98.1 g/mol. The van der Waals surface area contributed by atoms with Crippen LogP contribution in [-0.4, -0.2) is 24.0 Å². The molecule has 3 atom stereocenters. The summed E-state index contributed by atoms with van der Waals surface area (Å²) in [4.78, 5) is 2.47. The van der Waals surface area contributed by atoms with Gasteiger partial charge in [-0.25, -0.2) is 0 Å². The third-order valence-electron chi connectivity index (χ3n) is 2.62. The van der Waals surface area contributed by atoms with Gasteiger partial charge in [0, 0.05) is 12.1 Å². The van der Waals surface area contributed by atoms with E-state index in [4.69, 9.17) is 0 Å². The largest absolute Gasteiger partial charge is 0.297 e. The van der Waals surface area contributed by atoms with Gasteiger partial charge in [0.05, 0.1) is 0 Å². The van der Waals surface area contributed by atoms with Gasteiger partial charge in [-0.05, 0) is 32.7 Å². The standard InChI is InChI=1S/C7H13N/c1-5-7(8(5)2)6-3-4-6/h5-7H,3-4H2,1-2H3. The van der Waals surface area contributed by atoms with E-state index in [0.717, 1.165) is 18.0 Å². The summed E-state index contributed by atoms with van der Waals surface area (Å²) in [6.45, 7) is 2.32. The van der Waals surface area contributed by atoms with Crippen molar-refractivity contribution in [3.05, 3.63) is 0 Å². The van der Waals surface area contributed by atoms with E-state index in [9.17, 15) is 0 Å². The molecule has 0 amide bonds. The molecule has 1 heteroatoms. The predicted octanol–water partition coefficient (Wildman–Crippen LogP) is 1.10. The molecule has 2 aliphatic rings. The van der Waals surface area contributed by atoms with Gasteiger partial charge in [0.2, 0.25) is 0 Å². The lowest BCUT2D eigenvalue weighted by Crippen LogP contribution is -1.94. The number of likely N-dealkylation sites (N-methyl/N-ethyl adjacent to an activating group) is 1. The van der Waals surface area contributed by atoms with Crippen LogP contribution < -0.4 is 0 Å². The van der Waals surface area contributed by atoms with Crippen molar-refractivity contribution >= 4 is 0 Å². The summed E-state index contributed by atoms with van der Waals surface area (Å²) in [7, 11) is 2.23. The highest BCUT2D eigenvalue weighted by Gasteiger charge is 2.49. The lowest BCUT2D eigenvalue weighted by atomic mass is 10.2. The minimum absolute atomic E-state index is 0.905. The maximum absolute atomic E-state index is 2.47. The Bertz CT molecular complexity index is 96.2. The molecule has 1 nitrogen and oxygen atoms in total. The molecule has 0 aromatic rings. The minimum Gasteiger partial charge on any atom is -0.297 e. The predicted molar refractivity (Wildman–Crippen MR) is 33.7 cm³/mol. The molecule has 1 aliphatic heterocycles. The van der Waals surface area contributed by atoms with Gasteiger partial charge in [0.25, 0.3) is 0 Å². The molecule has 1 saturated carbocycles. The highest BCUT2D eigenvalue weighted by Crippen LogP contribution is 2.45. The van der Waals surface area contributed by atoms with E-state index >= 15 is 0 Å². The molecule has 0 aromatic heterocycles. The van der Waals surface area contributed by atoms with Crippen LogP contribution in [0.3, 0.4) is 0 Å². The van der Waals surface area contributed by atoms with Gasteiger partial charge in [0.15, 0.2) is 0 Å². The van der Waals surface area contributed by atoms with E-state index in [-0.39, 0.29) is 0 Å². The molecule has 0 bridgehead atoms. The first-order valence-corrected chi connectivity index (χ1v) is 3.52. The van der Waals surface area contributed by atoms with Gasteiger partial charge in [-0.3, -0.25) is 4.90 Å². The zero-order valence-electron chi connectivity index (χ0n) is 5.59. The van der Waals surface area contributed by atoms with Crippen LogP contribution >= 0.6 is 0 Å². The van der Waals surface area contributed by atoms with Crippen molar-refractivity contribution in [2.45, 2.75) is 31.8 Å². The quantitative estimate of drug-likeness (QED) is 0.458. The fraction of sp³-hybridized carbons (Fsp3) is 1.00. The summed E-state index contributed by atoms with van der Waals surface area (Å²) >= 11 is 0. The lowest BCUT2D eigenvalue weighted by molar-refractivity contribution is 0.563. The van der Waals surface area contributed by atoms with Crippen LogP contribution in [0.1, 0.15) is 19.8 Å². The van der Waals surface area contributed by atoms with E-state index in [1.165, 1.54) is 12.8 Å². The first-order chi connectivity index (χ1) is 3.80. The maximum atomic E-state index is 2.47. The topological polar surface area (TPSA) is 3.01 Å². The second-order valence-electron chi connectivity index (χ2n) is 3.23. The Morgan fingerprint density at radius 3 is 2.00 bits per heavy atom. The monoisotopic (exact) mass is 111 g/mol. The first-order valence-electron chi connectivity index (χ1n) is 3.52. The van der Waals surface area contributed by atoms with Gasteiger partial charge in [-0.15, -0.1) is 0 Å². The third-order valence-corrected chi connectivity index (χ3v) is 2.62. The van der Waals surface area contributed by atoms with Crippen LogP contribution in [-0.2, 0) is 0 Å². The van der Waals surface area contributed by atoms with Crippen molar-refractivity contribution in [3.63, 3.8) is 0 Å². The molecule has 46 valence electrons. The van der Waals surface area contributed by atoms with Gasteiger partial charge < -0.3 is 0 Å². The Labute approximate surface area is 50.7 Å². The number of hydrogen-bond acceptors (Lipinski definition) is 1. The molecule has 1 aliphatic carbocycles. The van der Waals surface area contributed by atoms with Crippen molar-refractivity contribution < 1.29 is 0 Å². The van der Waals surface area contributed by atoms with Crippen molar-refractivity contribution in [2.75, 3.05) is 7.05 Å². The average molecular weight is 111 g/mol. The Hall–Kier alpha value is -0.0400. The molecule has 0 radical (unpaired) electrons. The van der Waals surface area contributed by atoms with Crippen LogP contribution in [0.15, 0.2) is 0 Å². The Balaban J connectivity index is 1.92. The summed E-state index contributed by atoms with van der Waals surface area (Å²) < 4.78 is 0. The second kappa shape index (κ2) is 1.27. The van der Waals surface area contributed by atoms with Crippen molar-refractivity contribution in [2.24, 2.45) is 5.92 Å².